The number of nitrogens with zero attached hydrogens (tertiary/aromatic N) is 4. The van der Waals surface area contributed by atoms with Crippen LogP contribution >= 0.6 is 0 Å². The number of alkyl halides is 2. The number of fused-ring (bicyclic) bond motifs is 2. The van der Waals surface area contributed by atoms with Crippen LogP contribution in [0, 0.1) is 19.3 Å². The third-order valence-corrected chi connectivity index (χ3v) is 6.56. The summed E-state index contributed by atoms with van der Waals surface area (Å²) in [5, 5.41) is 8.76. The van der Waals surface area contributed by atoms with Gasteiger partial charge in [-0.25, -0.2) is 18.7 Å². The molecule has 0 atom stereocenters. The average Bonchev–Trinajstić information content (AvgIpc) is 2.84. The molecule has 2 aromatic heterocycles. The van der Waals surface area contributed by atoms with Crippen molar-refractivity contribution in [3.63, 3.8) is 0 Å². The molecular formula is C27H34F2N4O2. The Morgan fingerprint density at radius 3 is 1.60 bits per heavy atom. The lowest BCUT2D eigenvalue weighted by atomic mass is 9.91. The Hall–Kier alpha value is -2.90. The summed E-state index contributed by atoms with van der Waals surface area (Å²) in [6.07, 6.45) is 5.29. The van der Waals surface area contributed by atoms with Gasteiger partial charge >= 0.3 is 0 Å². The summed E-state index contributed by atoms with van der Waals surface area (Å²) < 4.78 is 26.4. The molecule has 0 unspecified atom stereocenters. The quantitative estimate of drug-likeness (QED) is 0.439. The molecule has 0 amide bonds. The second-order valence-corrected chi connectivity index (χ2v) is 10.3. The molecule has 0 spiro atoms. The first-order valence-corrected chi connectivity index (χ1v) is 12.3. The summed E-state index contributed by atoms with van der Waals surface area (Å²) in [5.41, 5.74) is 7.92. The Morgan fingerprint density at radius 1 is 0.771 bits per heavy atom. The van der Waals surface area contributed by atoms with E-state index in [0.717, 1.165) is 83.6 Å². The van der Waals surface area contributed by atoms with Crippen molar-refractivity contribution in [1.29, 1.82) is 0 Å². The molecule has 0 aliphatic heterocycles. The fraction of sp³-hybridized carbons (Fsp3) is 0.556. The number of hydrogen-bond acceptors (Lipinski definition) is 6. The fourth-order valence-corrected chi connectivity index (χ4v) is 4.67. The lowest BCUT2D eigenvalue weighted by molar-refractivity contribution is -0.000314. The summed E-state index contributed by atoms with van der Waals surface area (Å²) in [5.74, 6) is 0. The average molecular weight is 485 g/mol. The van der Waals surface area contributed by atoms with Gasteiger partial charge in [0.1, 0.15) is 38.0 Å². The highest BCUT2D eigenvalue weighted by Gasteiger charge is 2.25. The van der Waals surface area contributed by atoms with Crippen LogP contribution in [0.25, 0.3) is 0 Å². The number of pyridine rings is 2. The number of aromatic nitrogens is 2. The molecule has 35 heavy (non-hydrogen) atoms. The van der Waals surface area contributed by atoms with Gasteiger partial charge in [-0.15, -0.1) is 0 Å². The van der Waals surface area contributed by atoms with Gasteiger partial charge in [0.25, 0.3) is 0 Å². The predicted octanol–water partition coefficient (Wildman–Crippen LogP) is 5.87. The molecular weight excluding hydrogens is 450 g/mol. The minimum atomic E-state index is -0.593. The lowest BCUT2D eigenvalue weighted by Crippen LogP contribution is -2.25. The molecule has 0 radical (unpaired) electrons. The van der Waals surface area contributed by atoms with Gasteiger partial charge in [0.2, 0.25) is 0 Å². The zero-order chi connectivity index (χ0) is 25.0. The molecule has 0 saturated carbocycles. The zero-order valence-electron chi connectivity index (χ0n) is 21.1. The lowest BCUT2D eigenvalue weighted by Gasteiger charge is -2.23. The van der Waals surface area contributed by atoms with Crippen molar-refractivity contribution in [3.8, 4) is 0 Å². The monoisotopic (exact) mass is 484 g/mol. The second-order valence-electron chi connectivity index (χ2n) is 10.3. The molecule has 2 heterocycles. The van der Waals surface area contributed by atoms with Crippen LogP contribution in [0.1, 0.15) is 84.6 Å². The number of aryl methyl sites for hydroxylation is 2. The van der Waals surface area contributed by atoms with Crippen molar-refractivity contribution in [1.82, 2.24) is 9.97 Å². The van der Waals surface area contributed by atoms with Gasteiger partial charge in [0, 0.05) is 5.41 Å². The Morgan fingerprint density at radius 2 is 1.20 bits per heavy atom. The highest BCUT2D eigenvalue weighted by Crippen LogP contribution is 2.27. The summed E-state index contributed by atoms with van der Waals surface area (Å²) in [6.45, 7) is 7.50. The molecule has 4 rings (SSSR count). The second kappa shape index (κ2) is 10.8. The Balaban J connectivity index is 1.39. The largest absolute Gasteiger partial charge is 0.395 e. The van der Waals surface area contributed by atoms with E-state index in [1.165, 1.54) is 0 Å². The van der Waals surface area contributed by atoms with Gasteiger partial charge in [-0.05, 0) is 86.8 Å². The SMILES string of the molecule is Cc1cc(CF)nc2c1CCCC2=NOCC(C)(C)CON=C1CCCc2c(C)cc(CF)nc21. The molecule has 0 aromatic carbocycles. The fourth-order valence-electron chi connectivity index (χ4n) is 4.67. The van der Waals surface area contributed by atoms with Crippen molar-refractivity contribution in [2.45, 2.75) is 79.6 Å². The molecule has 8 heteroatoms. The van der Waals surface area contributed by atoms with Crippen LogP contribution < -0.4 is 0 Å². The first-order valence-electron chi connectivity index (χ1n) is 12.3. The summed E-state index contributed by atoms with van der Waals surface area (Å²) >= 11 is 0. The third-order valence-electron chi connectivity index (χ3n) is 6.56. The molecule has 0 N–H and O–H groups in total. The predicted molar refractivity (Wildman–Crippen MR) is 132 cm³/mol. The van der Waals surface area contributed by atoms with Gasteiger partial charge in [-0.3, -0.25) is 0 Å². The summed E-state index contributed by atoms with van der Waals surface area (Å²) in [6, 6.07) is 3.62. The molecule has 0 fully saturated rings. The third kappa shape index (κ3) is 5.85. The van der Waals surface area contributed by atoms with Crippen molar-refractivity contribution in [2.75, 3.05) is 13.2 Å². The van der Waals surface area contributed by atoms with Crippen LogP contribution in [0.3, 0.4) is 0 Å². The standard InChI is InChI=1S/C27H34F2N4O2/c1-17-11-19(13-28)30-25-21(17)7-5-9-23(25)32-34-15-27(3,4)16-35-33-24-10-6-8-22-18(2)12-20(14-29)31-26(22)24/h11-12H,5-10,13-16H2,1-4H3. The highest BCUT2D eigenvalue weighted by atomic mass is 19.1. The van der Waals surface area contributed by atoms with Gasteiger partial charge in [0.05, 0.1) is 22.8 Å². The van der Waals surface area contributed by atoms with Crippen LogP contribution in [0.15, 0.2) is 22.4 Å². The maximum absolute atomic E-state index is 13.2. The van der Waals surface area contributed by atoms with Gasteiger partial charge in [-0.1, -0.05) is 24.2 Å². The van der Waals surface area contributed by atoms with E-state index >= 15 is 0 Å². The van der Waals surface area contributed by atoms with E-state index in [4.69, 9.17) is 9.68 Å². The van der Waals surface area contributed by atoms with Gasteiger partial charge in [0.15, 0.2) is 0 Å². The van der Waals surface area contributed by atoms with E-state index in [-0.39, 0.29) is 5.41 Å². The van der Waals surface area contributed by atoms with Crippen LogP contribution in [-0.2, 0) is 35.9 Å². The summed E-state index contributed by atoms with van der Waals surface area (Å²) in [4.78, 5) is 20.4. The number of oxime groups is 2. The van der Waals surface area contributed by atoms with Crippen molar-refractivity contribution >= 4 is 11.4 Å². The van der Waals surface area contributed by atoms with E-state index in [1.54, 1.807) is 0 Å². The van der Waals surface area contributed by atoms with E-state index in [9.17, 15) is 8.78 Å². The zero-order valence-corrected chi connectivity index (χ0v) is 21.1. The molecule has 2 aliphatic carbocycles. The Kier molecular flexibility index (Phi) is 7.77. The Labute approximate surface area is 205 Å². The summed E-state index contributed by atoms with van der Waals surface area (Å²) in [7, 11) is 0. The molecule has 2 aliphatic rings. The smallest absolute Gasteiger partial charge is 0.131 e. The maximum Gasteiger partial charge on any atom is 0.131 e. The van der Waals surface area contributed by atoms with Gasteiger partial charge in [-0.2, -0.15) is 0 Å². The molecule has 0 saturated heterocycles. The molecule has 2 aromatic rings. The van der Waals surface area contributed by atoms with Crippen molar-refractivity contribution < 1.29 is 18.5 Å². The maximum atomic E-state index is 13.2. The van der Waals surface area contributed by atoms with Gasteiger partial charge < -0.3 is 9.68 Å². The van der Waals surface area contributed by atoms with E-state index in [2.05, 4.69) is 20.3 Å². The van der Waals surface area contributed by atoms with Crippen molar-refractivity contribution in [3.05, 3.63) is 57.2 Å². The minimum Gasteiger partial charge on any atom is -0.395 e. The highest BCUT2D eigenvalue weighted by molar-refractivity contribution is 6.01. The topological polar surface area (TPSA) is 69.0 Å². The van der Waals surface area contributed by atoms with Crippen LogP contribution in [0.5, 0.6) is 0 Å². The molecule has 0 bridgehead atoms. The number of rotatable bonds is 8. The molecule has 188 valence electrons. The van der Waals surface area contributed by atoms with E-state index < -0.39 is 13.3 Å². The van der Waals surface area contributed by atoms with E-state index in [1.807, 2.05) is 39.8 Å². The first-order chi connectivity index (χ1) is 16.8. The number of halogens is 2. The Bertz CT molecular complexity index is 1060. The number of hydrogen-bond donors (Lipinski definition) is 0. The van der Waals surface area contributed by atoms with Crippen LogP contribution in [-0.4, -0.2) is 34.6 Å². The van der Waals surface area contributed by atoms with Crippen LogP contribution in [0.2, 0.25) is 0 Å². The first kappa shape index (κ1) is 25.2. The molecule has 6 nitrogen and oxygen atoms in total. The minimum absolute atomic E-state index is 0.332. The van der Waals surface area contributed by atoms with Crippen LogP contribution in [0.4, 0.5) is 8.78 Å². The van der Waals surface area contributed by atoms with E-state index in [0.29, 0.717) is 24.6 Å². The normalized spacial score (nSPS) is 17.9. The van der Waals surface area contributed by atoms with Crippen molar-refractivity contribution in [2.24, 2.45) is 15.7 Å².